The highest BCUT2D eigenvalue weighted by molar-refractivity contribution is 5.25. The number of rotatable bonds is 7. The lowest BCUT2D eigenvalue weighted by Gasteiger charge is -2.16. The monoisotopic (exact) mass is 235 g/mol. The van der Waals surface area contributed by atoms with Gasteiger partial charge >= 0.3 is 0 Å². The van der Waals surface area contributed by atoms with E-state index in [4.69, 9.17) is 0 Å². The molecule has 0 radical (unpaired) electrons. The summed E-state index contributed by atoms with van der Waals surface area (Å²) in [6, 6.07) is 8.06. The lowest BCUT2D eigenvalue weighted by molar-refractivity contribution is 0.438. The Morgan fingerprint density at radius 1 is 1.18 bits per heavy atom. The third-order valence-corrected chi connectivity index (χ3v) is 3.31. The van der Waals surface area contributed by atoms with Gasteiger partial charge in [-0.05, 0) is 49.9 Å². The van der Waals surface area contributed by atoms with Gasteiger partial charge in [0.25, 0.3) is 0 Å². The maximum atomic E-state index is 9.19. The number of benzene rings is 1. The van der Waals surface area contributed by atoms with Gasteiger partial charge in [0.05, 0.1) is 0 Å². The fourth-order valence-corrected chi connectivity index (χ4v) is 1.69. The molecule has 2 unspecified atom stereocenters. The van der Waals surface area contributed by atoms with Crippen LogP contribution in [0.25, 0.3) is 0 Å². The zero-order chi connectivity index (χ0) is 12.7. The summed E-state index contributed by atoms with van der Waals surface area (Å²) in [6.07, 6.45) is 3.44. The number of phenols is 1. The van der Waals surface area contributed by atoms with E-state index in [-0.39, 0.29) is 0 Å². The minimum absolute atomic E-state index is 0.344. The molecule has 1 aromatic rings. The van der Waals surface area contributed by atoms with Gasteiger partial charge in [-0.3, -0.25) is 0 Å². The highest BCUT2D eigenvalue weighted by Crippen LogP contribution is 2.12. The van der Waals surface area contributed by atoms with E-state index in [1.807, 2.05) is 12.1 Å². The Kier molecular flexibility index (Phi) is 6.06. The van der Waals surface area contributed by atoms with E-state index in [0.29, 0.717) is 11.8 Å². The predicted octanol–water partition coefficient (Wildman–Crippen LogP) is 3.35. The molecule has 0 amide bonds. The number of hydrogen-bond donors (Lipinski definition) is 2. The second kappa shape index (κ2) is 7.33. The number of nitrogens with one attached hydrogen (secondary N) is 1. The Morgan fingerprint density at radius 2 is 1.82 bits per heavy atom. The van der Waals surface area contributed by atoms with Gasteiger partial charge in [0.2, 0.25) is 0 Å². The van der Waals surface area contributed by atoms with Crippen LogP contribution < -0.4 is 5.32 Å². The zero-order valence-electron chi connectivity index (χ0n) is 11.2. The van der Waals surface area contributed by atoms with Crippen molar-refractivity contribution in [3.8, 4) is 5.75 Å². The Bertz CT molecular complexity index is 307. The first-order valence-electron chi connectivity index (χ1n) is 6.63. The van der Waals surface area contributed by atoms with Gasteiger partial charge < -0.3 is 10.4 Å². The summed E-state index contributed by atoms with van der Waals surface area (Å²) in [6.45, 7) is 7.85. The summed E-state index contributed by atoms with van der Waals surface area (Å²) < 4.78 is 0. The van der Waals surface area contributed by atoms with Crippen molar-refractivity contribution in [2.45, 2.75) is 46.1 Å². The first kappa shape index (κ1) is 14.0. The summed E-state index contributed by atoms with van der Waals surface area (Å²) >= 11 is 0. The van der Waals surface area contributed by atoms with Crippen LogP contribution in [0.2, 0.25) is 0 Å². The van der Waals surface area contributed by atoms with Crippen molar-refractivity contribution in [3.63, 3.8) is 0 Å². The molecule has 96 valence electrons. The van der Waals surface area contributed by atoms with Gasteiger partial charge in [0.15, 0.2) is 0 Å². The van der Waals surface area contributed by atoms with E-state index in [9.17, 15) is 5.11 Å². The summed E-state index contributed by atoms with van der Waals surface area (Å²) in [4.78, 5) is 0. The summed E-state index contributed by atoms with van der Waals surface area (Å²) in [5.41, 5.74) is 1.29. The molecule has 2 nitrogen and oxygen atoms in total. The molecule has 2 atom stereocenters. The minimum atomic E-state index is 0.344. The third-order valence-electron chi connectivity index (χ3n) is 3.31. The van der Waals surface area contributed by atoms with E-state index < -0.39 is 0 Å². The quantitative estimate of drug-likeness (QED) is 0.759. The van der Waals surface area contributed by atoms with Crippen molar-refractivity contribution in [3.05, 3.63) is 29.8 Å². The molecule has 0 spiro atoms. The second-order valence-corrected chi connectivity index (χ2v) is 5.03. The Balaban J connectivity index is 2.23. The van der Waals surface area contributed by atoms with Crippen molar-refractivity contribution in [1.29, 1.82) is 0 Å². The lowest BCUT2D eigenvalue weighted by atomic mass is 10.0. The van der Waals surface area contributed by atoms with Crippen molar-refractivity contribution >= 4 is 0 Å². The molecule has 0 aliphatic carbocycles. The summed E-state index contributed by atoms with van der Waals surface area (Å²) in [7, 11) is 0. The highest BCUT2D eigenvalue weighted by atomic mass is 16.3. The van der Waals surface area contributed by atoms with Crippen LogP contribution in [-0.4, -0.2) is 17.7 Å². The molecule has 0 saturated carbocycles. The number of aryl methyl sites for hydroxylation is 1. The van der Waals surface area contributed by atoms with Gasteiger partial charge in [-0.25, -0.2) is 0 Å². The van der Waals surface area contributed by atoms with Crippen LogP contribution >= 0.6 is 0 Å². The zero-order valence-corrected chi connectivity index (χ0v) is 11.2. The molecule has 1 rings (SSSR count). The van der Waals surface area contributed by atoms with Crippen molar-refractivity contribution in [2.24, 2.45) is 5.92 Å². The number of aromatic hydroxyl groups is 1. The van der Waals surface area contributed by atoms with Crippen LogP contribution in [0.15, 0.2) is 24.3 Å². The average Bonchev–Trinajstić information content (AvgIpc) is 2.35. The normalized spacial score (nSPS) is 14.5. The Morgan fingerprint density at radius 3 is 2.41 bits per heavy atom. The molecular formula is C15H25NO. The summed E-state index contributed by atoms with van der Waals surface area (Å²) in [5.74, 6) is 1.10. The largest absolute Gasteiger partial charge is 0.508 e. The van der Waals surface area contributed by atoms with Crippen molar-refractivity contribution in [2.75, 3.05) is 6.54 Å². The molecule has 0 aliphatic heterocycles. The predicted molar refractivity (Wildman–Crippen MR) is 73.3 cm³/mol. The number of hydrogen-bond acceptors (Lipinski definition) is 2. The topological polar surface area (TPSA) is 32.3 Å². The average molecular weight is 235 g/mol. The molecule has 0 aliphatic rings. The van der Waals surface area contributed by atoms with E-state index in [1.54, 1.807) is 12.1 Å². The van der Waals surface area contributed by atoms with Gasteiger partial charge in [0.1, 0.15) is 5.75 Å². The van der Waals surface area contributed by atoms with E-state index in [2.05, 4.69) is 26.1 Å². The molecule has 2 heteroatoms. The Hall–Kier alpha value is -1.02. The molecule has 0 bridgehead atoms. The van der Waals surface area contributed by atoms with Crippen LogP contribution in [0.5, 0.6) is 5.75 Å². The molecule has 1 aromatic carbocycles. The van der Waals surface area contributed by atoms with Crippen LogP contribution in [0.4, 0.5) is 0 Å². The van der Waals surface area contributed by atoms with Crippen LogP contribution in [-0.2, 0) is 6.42 Å². The fraction of sp³-hybridized carbons (Fsp3) is 0.600. The molecule has 0 aromatic heterocycles. The van der Waals surface area contributed by atoms with Crippen molar-refractivity contribution < 1.29 is 5.11 Å². The molecule has 0 saturated heterocycles. The molecular weight excluding hydrogens is 210 g/mol. The Labute approximate surface area is 105 Å². The lowest BCUT2D eigenvalue weighted by Crippen LogP contribution is -2.30. The number of phenolic OH excluding ortho intramolecular Hbond substituents is 1. The molecule has 17 heavy (non-hydrogen) atoms. The van der Waals surface area contributed by atoms with Crippen molar-refractivity contribution in [1.82, 2.24) is 5.32 Å². The van der Waals surface area contributed by atoms with E-state index >= 15 is 0 Å². The van der Waals surface area contributed by atoms with E-state index in [1.165, 1.54) is 12.0 Å². The first-order valence-corrected chi connectivity index (χ1v) is 6.63. The third kappa shape index (κ3) is 5.73. The standard InChI is InChI=1S/C15H25NO/c1-4-12(2)11-16-13(3)5-6-14-7-9-15(17)10-8-14/h7-10,12-13,16-17H,4-6,11H2,1-3H3. The fourth-order valence-electron chi connectivity index (χ4n) is 1.69. The molecule has 0 heterocycles. The maximum absolute atomic E-state index is 9.19. The van der Waals surface area contributed by atoms with Crippen LogP contribution in [0, 0.1) is 5.92 Å². The van der Waals surface area contributed by atoms with Gasteiger partial charge in [0, 0.05) is 6.04 Å². The summed E-state index contributed by atoms with van der Waals surface area (Å²) in [5, 5.41) is 12.8. The smallest absolute Gasteiger partial charge is 0.115 e. The minimum Gasteiger partial charge on any atom is -0.508 e. The molecule has 0 fully saturated rings. The van der Waals surface area contributed by atoms with E-state index in [0.717, 1.165) is 25.3 Å². The first-order chi connectivity index (χ1) is 8.11. The SMILES string of the molecule is CCC(C)CNC(C)CCc1ccc(O)cc1. The van der Waals surface area contributed by atoms with Gasteiger partial charge in [-0.1, -0.05) is 32.4 Å². The molecule has 2 N–H and O–H groups in total. The van der Waals surface area contributed by atoms with Crippen LogP contribution in [0.3, 0.4) is 0 Å². The van der Waals surface area contributed by atoms with Crippen LogP contribution in [0.1, 0.15) is 39.2 Å². The van der Waals surface area contributed by atoms with Gasteiger partial charge in [-0.15, -0.1) is 0 Å². The van der Waals surface area contributed by atoms with Gasteiger partial charge in [-0.2, -0.15) is 0 Å². The second-order valence-electron chi connectivity index (χ2n) is 5.03. The maximum Gasteiger partial charge on any atom is 0.115 e. The highest BCUT2D eigenvalue weighted by Gasteiger charge is 2.04.